The van der Waals surface area contributed by atoms with Crippen LogP contribution in [0, 0.1) is 0 Å². The first-order valence-corrected chi connectivity index (χ1v) is 11.8. The quantitative estimate of drug-likeness (QED) is 0.296. The third-order valence-corrected chi connectivity index (χ3v) is 6.65. The van der Waals surface area contributed by atoms with E-state index in [1.165, 1.54) is 23.1 Å². The Morgan fingerprint density at radius 3 is 2.41 bits per heavy atom. The van der Waals surface area contributed by atoms with Gasteiger partial charge >= 0.3 is 0 Å². The van der Waals surface area contributed by atoms with Crippen LogP contribution in [-0.2, 0) is 4.79 Å². The number of hydrogen-bond acceptors (Lipinski definition) is 5. The number of thioether (sulfide) groups is 1. The van der Waals surface area contributed by atoms with Crippen LogP contribution in [0.15, 0.2) is 95.3 Å². The molecule has 8 heteroatoms. The lowest BCUT2D eigenvalue weighted by Gasteiger charge is -2.16. The monoisotopic (exact) mass is 479 g/mol. The summed E-state index contributed by atoms with van der Waals surface area (Å²) < 4.78 is 0. The second-order valence-electron chi connectivity index (χ2n) is 6.72. The van der Waals surface area contributed by atoms with Crippen molar-refractivity contribution >= 4 is 57.3 Å². The number of hydrogen-bond donors (Lipinski definition) is 2. The van der Waals surface area contributed by atoms with Crippen molar-refractivity contribution in [2.75, 3.05) is 10.6 Å². The number of anilines is 2. The number of rotatable bonds is 7. The van der Waals surface area contributed by atoms with Gasteiger partial charge in [-0.1, -0.05) is 48.0 Å². The van der Waals surface area contributed by atoms with Gasteiger partial charge in [-0.3, -0.25) is 9.59 Å². The molecule has 0 spiro atoms. The van der Waals surface area contributed by atoms with Crippen LogP contribution in [-0.4, -0.2) is 16.8 Å². The van der Waals surface area contributed by atoms with E-state index in [2.05, 4.69) is 15.6 Å². The Morgan fingerprint density at radius 2 is 1.72 bits per heavy atom. The summed E-state index contributed by atoms with van der Waals surface area (Å²) in [5.74, 6) is -0.382. The number of nitrogens with one attached hydrogen (secondary N) is 2. The first-order valence-electron chi connectivity index (χ1n) is 9.67. The maximum atomic E-state index is 13.0. The van der Waals surface area contributed by atoms with Gasteiger partial charge in [0.2, 0.25) is 5.91 Å². The van der Waals surface area contributed by atoms with Crippen LogP contribution in [0.5, 0.6) is 0 Å². The van der Waals surface area contributed by atoms with Crippen LogP contribution >= 0.6 is 34.7 Å². The predicted octanol–water partition coefficient (Wildman–Crippen LogP) is 6.52. The molecule has 3 aromatic carbocycles. The van der Waals surface area contributed by atoms with Crippen molar-refractivity contribution in [1.29, 1.82) is 0 Å². The average molecular weight is 480 g/mol. The van der Waals surface area contributed by atoms with E-state index in [0.29, 0.717) is 21.4 Å². The fraction of sp³-hybridized carbons (Fsp3) is 0.0417. The van der Waals surface area contributed by atoms with Crippen molar-refractivity contribution < 1.29 is 9.59 Å². The Labute approximate surface area is 198 Å². The van der Waals surface area contributed by atoms with E-state index in [-0.39, 0.29) is 11.8 Å². The fourth-order valence-corrected chi connectivity index (χ4v) is 4.69. The predicted molar refractivity (Wildman–Crippen MR) is 132 cm³/mol. The highest BCUT2D eigenvalue weighted by molar-refractivity contribution is 8.00. The van der Waals surface area contributed by atoms with E-state index < -0.39 is 5.25 Å². The summed E-state index contributed by atoms with van der Waals surface area (Å²) in [6.07, 6.45) is 1.65. The summed E-state index contributed by atoms with van der Waals surface area (Å²) in [5.41, 5.74) is 2.03. The molecule has 2 amide bonds. The third-order valence-electron chi connectivity index (χ3n) is 4.46. The number of aromatic nitrogens is 1. The topological polar surface area (TPSA) is 71.1 Å². The Hall–Kier alpha value is -3.13. The lowest BCUT2D eigenvalue weighted by molar-refractivity contribution is -0.115. The van der Waals surface area contributed by atoms with E-state index in [1.807, 2.05) is 60.0 Å². The van der Waals surface area contributed by atoms with Gasteiger partial charge in [0.05, 0.1) is 0 Å². The summed E-state index contributed by atoms with van der Waals surface area (Å²) in [6.45, 7) is 0. The number of amides is 2. The minimum Gasteiger partial charge on any atom is -0.322 e. The molecule has 0 bridgehead atoms. The molecular weight excluding hydrogens is 462 g/mol. The van der Waals surface area contributed by atoms with Crippen LogP contribution in [0.25, 0.3) is 0 Å². The fourth-order valence-electron chi connectivity index (χ4n) is 2.94. The summed E-state index contributed by atoms with van der Waals surface area (Å²) in [4.78, 5) is 30.4. The summed E-state index contributed by atoms with van der Waals surface area (Å²) in [7, 11) is 0. The van der Waals surface area contributed by atoms with E-state index in [0.717, 1.165) is 10.5 Å². The van der Waals surface area contributed by atoms with E-state index in [1.54, 1.807) is 30.5 Å². The Kier molecular flexibility index (Phi) is 7.21. The molecule has 0 aliphatic heterocycles. The Morgan fingerprint density at radius 1 is 0.938 bits per heavy atom. The second kappa shape index (κ2) is 10.5. The first-order chi connectivity index (χ1) is 15.6. The van der Waals surface area contributed by atoms with Crippen molar-refractivity contribution in [3.8, 4) is 0 Å². The number of nitrogens with zero attached hydrogens (tertiary/aromatic N) is 1. The molecule has 1 atom stereocenters. The van der Waals surface area contributed by atoms with Crippen LogP contribution in [0.3, 0.4) is 0 Å². The molecule has 0 radical (unpaired) electrons. The van der Waals surface area contributed by atoms with Crippen LogP contribution < -0.4 is 10.6 Å². The third kappa shape index (κ3) is 5.76. The van der Waals surface area contributed by atoms with E-state index in [4.69, 9.17) is 11.6 Å². The molecule has 2 N–H and O–H groups in total. The van der Waals surface area contributed by atoms with Gasteiger partial charge in [-0.15, -0.1) is 23.1 Å². The largest absolute Gasteiger partial charge is 0.322 e. The van der Waals surface area contributed by atoms with Crippen LogP contribution in [0.2, 0.25) is 5.02 Å². The number of carbonyl (C=O) groups excluding carboxylic acids is 2. The average Bonchev–Trinajstić information content (AvgIpc) is 3.32. The van der Waals surface area contributed by atoms with Crippen molar-refractivity contribution in [3.63, 3.8) is 0 Å². The van der Waals surface area contributed by atoms with Gasteiger partial charge in [0.1, 0.15) is 5.25 Å². The van der Waals surface area contributed by atoms with Crippen molar-refractivity contribution in [2.45, 2.75) is 10.1 Å². The molecule has 160 valence electrons. The van der Waals surface area contributed by atoms with Gasteiger partial charge in [0.25, 0.3) is 5.91 Å². The highest BCUT2D eigenvalue weighted by Gasteiger charge is 2.23. The zero-order chi connectivity index (χ0) is 22.3. The molecule has 4 rings (SSSR count). The Balaban J connectivity index is 1.47. The standard InChI is InChI=1S/C24H18ClN3O2S2/c25-18-8-4-7-17(15-18)22(29)27-19-9-11-20(12-10-19)32-21(16-5-2-1-3-6-16)23(30)28-24-26-13-14-31-24/h1-15,21H,(H,27,29)(H,26,28,30). The summed E-state index contributed by atoms with van der Waals surface area (Å²) in [5, 5.41) is 8.17. The SMILES string of the molecule is O=C(Nc1ccc(SC(C(=O)Nc2nccs2)c2ccccc2)cc1)c1cccc(Cl)c1. The van der Waals surface area contributed by atoms with Gasteiger partial charge in [-0.2, -0.15) is 0 Å². The maximum Gasteiger partial charge on any atom is 0.255 e. The van der Waals surface area contributed by atoms with E-state index in [9.17, 15) is 9.59 Å². The molecule has 0 saturated carbocycles. The molecular formula is C24H18ClN3O2S2. The van der Waals surface area contributed by atoms with Gasteiger partial charge in [0.15, 0.2) is 5.13 Å². The molecule has 32 heavy (non-hydrogen) atoms. The Bertz CT molecular complexity index is 1200. The van der Waals surface area contributed by atoms with Crippen LogP contribution in [0.1, 0.15) is 21.2 Å². The number of thiazole rings is 1. The summed E-state index contributed by atoms with van der Waals surface area (Å²) >= 11 is 8.77. The van der Waals surface area contributed by atoms with Gasteiger partial charge < -0.3 is 10.6 Å². The highest BCUT2D eigenvalue weighted by Crippen LogP contribution is 2.36. The summed E-state index contributed by atoms with van der Waals surface area (Å²) in [6, 6.07) is 23.8. The minimum atomic E-state index is -0.452. The lowest BCUT2D eigenvalue weighted by Crippen LogP contribution is -2.18. The van der Waals surface area contributed by atoms with Gasteiger partial charge in [-0.05, 0) is 48.0 Å². The van der Waals surface area contributed by atoms with Gasteiger partial charge in [0, 0.05) is 32.7 Å². The number of benzene rings is 3. The lowest BCUT2D eigenvalue weighted by atomic mass is 10.1. The number of carbonyl (C=O) groups is 2. The van der Waals surface area contributed by atoms with Crippen LogP contribution in [0.4, 0.5) is 10.8 Å². The molecule has 0 fully saturated rings. The van der Waals surface area contributed by atoms with Crippen molar-refractivity contribution in [3.05, 3.63) is 107 Å². The maximum absolute atomic E-state index is 13.0. The normalized spacial score (nSPS) is 11.5. The zero-order valence-corrected chi connectivity index (χ0v) is 19.1. The van der Waals surface area contributed by atoms with E-state index >= 15 is 0 Å². The molecule has 0 aliphatic rings. The zero-order valence-electron chi connectivity index (χ0n) is 16.7. The second-order valence-corrected chi connectivity index (χ2v) is 9.23. The minimum absolute atomic E-state index is 0.144. The molecule has 1 aromatic heterocycles. The molecule has 0 saturated heterocycles. The molecule has 0 aliphatic carbocycles. The molecule has 4 aromatic rings. The number of halogens is 1. The molecule has 1 unspecified atom stereocenters. The molecule has 1 heterocycles. The molecule has 5 nitrogen and oxygen atoms in total. The van der Waals surface area contributed by atoms with Gasteiger partial charge in [-0.25, -0.2) is 4.98 Å². The smallest absolute Gasteiger partial charge is 0.255 e. The van der Waals surface area contributed by atoms with Crippen molar-refractivity contribution in [2.24, 2.45) is 0 Å². The highest BCUT2D eigenvalue weighted by atomic mass is 35.5. The first kappa shape index (κ1) is 22.1. The van der Waals surface area contributed by atoms with Crippen molar-refractivity contribution in [1.82, 2.24) is 4.98 Å².